The molecule has 4 rings (SSSR count). The summed E-state index contributed by atoms with van der Waals surface area (Å²) in [6.07, 6.45) is 1.82. The minimum Gasteiger partial charge on any atom is -0.497 e. The van der Waals surface area contributed by atoms with Crippen LogP contribution in [0.25, 0.3) is 21.3 Å². The molecule has 0 aliphatic rings. The van der Waals surface area contributed by atoms with Crippen LogP contribution in [0, 0.1) is 6.92 Å². The predicted octanol–water partition coefficient (Wildman–Crippen LogP) is 5.12. The summed E-state index contributed by atoms with van der Waals surface area (Å²) in [5.74, 6) is 1.81. The summed E-state index contributed by atoms with van der Waals surface area (Å²) in [6.45, 7) is 2.52. The molecular formula is C24H24N4O3S. The van der Waals surface area contributed by atoms with Gasteiger partial charge in [0, 0.05) is 29.5 Å². The molecule has 0 aliphatic carbocycles. The van der Waals surface area contributed by atoms with Gasteiger partial charge in [0.2, 0.25) is 5.91 Å². The van der Waals surface area contributed by atoms with E-state index < -0.39 is 0 Å². The van der Waals surface area contributed by atoms with Crippen molar-refractivity contribution in [1.29, 1.82) is 0 Å². The van der Waals surface area contributed by atoms with Gasteiger partial charge in [0.05, 0.1) is 25.3 Å². The van der Waals surface area contributed by atoms with Gasteiger partial charge in [0.1, 0.15) is 28.5 Å². The van der Waals surface area contributed by atoms with E-state index in [1.54, 1.807) is 50.1 Å². The number of anilines is 2. The van der Waals surface area contributed by atoms with Crippen molar-refractivity contribution in [2.24, 2.45) is 0 Å². The zero-order valence-electron chi connectivity index (χ0n) is 18.1. The van der Waals surface area contributed by atoms with Gasteiger partial charge < -0.3 is 20.1 Å². The average Bonchev–Trinajstić information content (AvgIpc) is 3.16. The molecule has 7 nitrogen and oxygen atoms in total. The van der Waals surface area contributed by atoms with Crippen molar-refractivity contribution in [3.8, 4) is 22.6 Å². The Morgan fingerprint density at radius 1 is 1.06 bits per heavy atom. The van der Waals surface area contributed by atoms with Gasteiger partial charge in [-0.3, -0.25) is 4.79 Å². The second-order valence-electron chi connectivity index (χ2n) is 7.09. The fourth-order valence-corrected chi connectivity index (χ4v) is 4.55. The number of carbonyl (C=O) groups is 1. The molecule has 0 saturated heterocycles. The molecule has 0 saturated carbocycles. The van der Waals surface area contributed by atoms with Crippen molar-refractivity contribution in [3.63, 3.8) is 0 Å². The third kappa shape index (κ3) is 4.50. The molecular weight excluding hydrogens is 424 g/mol. The summed E-state index contributed by atoms with van der Waals surface area (Å²) in [5, 5.41) is 7.19. The number of methoxy groups -OCH3 is 2. The normalized spacial score (nSPS) is 10.7. The highest BCUT2D eigenvalue weighted by molar-refractivity contribution is 7.19. The van der Waals surface area contributed by atoms with Crippen molar-refractivity contribution in [1.82, 2.24) is 9.97 Å². The minimum atomic E-state index is -0.129. The molecule has 0 spiro atoms. The van der Waals surface area contributed by atoms with Crippen LogP contribution < -0.4 is 20.1 Å². The van der Waals surface area contributed by atoms with Gasteiger partial charge in [-0.15, -0.1) is 11.3 Å². The van der Waals surface area contributed by atoms with Crippen LogP contribution in [0.1, 0.15) is 11.3 Å². The monoisotopic (exact) mass is 448 g/mol. The van der Waals surface area contributed by atoms with E-state index in [1.165, 1.54) is 4.88 Å². The highest BCUT2D eigenvalue weighted by atomic mass is 32.1. The minimum absolute atomic E-state index is 0.129. The Labute approximate surface area is 190 Å². The number of nitrogens with one attached hydrogen (secondary N) is 2. The molecule has 2 N–H and O–H groups in total. The van der Waals surface area contributed by atoms with E-state index in [0.717, 1.165) is 27.2 Å². The van der Waals surface area contributed by atoms with Crippen LogP contribution in [0.2, 0.25) is 0 Å². The number of carbonyl (C=O) groups excluding carboxylic acids is 1. The van der Waals surface area contributed by atoms with Gasteiger partial charge in [0.25, 0.3) is 0 Å². The van der Waals surface area contributed by atoms with Crippen molar-refractivity contribution in [2.45, 2.75) is 13.3 Å². The Bertz CT molecular complexity index is 1240. The number of aromatic nitrogens is 2. The number of aryl methyl sites for hydroxylation is 1. The SMILES string of the molecule is COc1ccc(NC(=O)CCNc2ncnc3sc(C)c(-c4ccccc4)c23)c(OC)c1. The maximum Gasteiger partial charge on any atom is 0.226 e. The Balaban J connectivity index is 1.48. The second-order valence-corrected chi connectivity index (χ2v) is 8.30. The molecule has 0 fully saturated rings. The maximum atomic E-state index is 12.5. The number of benzene rings is 2. The number of nitrogens with zero attached hydrogens (tertiary/aromatic N) is 2. The zero-order valence-corrected chi connectivity index (χ0v) is 19.0. The first kappa shape index (κ1) is 21.6. The van der Waals surface area contributed by atoms with Gasteiger partial charge >= 0.3 is 0 Å². The fraction of sp³-hybridized carbons (Fsp3) is 0.208. The zero-order chi connectivity index (χ0) is 22.5. The fourth-order valence-electron chi connectivity index (χ4n) is 3.54. The number of fused-ring (bicyclic) bond motifs is 1. The molecule has 2 aromatic carbocycles. The smallest absolute Gasteiger partial charge is 0.226 e. The molecule has 1 amide bonds. The highest BCUT2D eigenvalue weighted by Gasteiger charge is 2.17. The number of thiophene rings is 1. The van der Waals surface area contributed by atoms with Crippen molar-refractivity contribution < 1.29 is 14.3 Å². The topological polar surface area (TPSA) is 85.4 Å². The Kier molecular flexibility index (Phi) is 6.51. The average molecular weight is 449 g/mol. The van der Waals surface area contributed by atoms with Crippen LogP contribution >= 0.6 is 11.3 Å². The lowest BCUT2D eigenvalue weighted by Crippen LogP contribution is -2.17. The molecule has 0 atom stereocenters. The number of amides is 1. The van der Waals surface area contributed by atoms with E-state index in [1.807, 2.05) is 18.2 Å². The van der Waals surface area contributed by atoms with E-state index in [-0.39, 0.29) is 12.3 Å². The number of ether oxygens (including phenoxy) is 2. The molecule has 0 aliphatic heterocycles. The highest BCUT2D eigenvalue weighted by Crippen LogP contribution is 2.40. The second kappa shape index (κ2) is 9.65. The van der Waals surface area contributed by atoms with Crippen LogP contribution in [0.4, 0.5) is 11.5 Å². The lowest BCUT2D eigenvalue weighted by molar-refractivity contribution is -0.116. The summed E-state index contributed by atoms with van der Waals surface area (Å²) in [7, 11) is 3.14. The molecule has 2 aromatic heterocycles. The maximum absolute atomic E-state index is 12.5. The first-order chi connectivity index (χ1) is 15.6. The van der Waals surface area contributed by atoms with Crippen molar-refractivity contribution in [2.75, 3.05) is 31.4 Å². The van der Waals surface area contributed by atoms with Crippen LogP contribution in [-0.4, -0.2) is 36.6 Å². The molecule has 0 unspecified atom stereocenters. The molecule has 164 valence electrons. The summed E-state index contributed by atoms with van der Waals surface area (Å²) < 4.78 is 10.5. The Morgan fingerprint density at radius 2 is 1.88 bits per heavy atom. The number of hydrogen-bond donors (Lipinski definition) is 2. The lowest BCUT2D eigenvalue weighted by atomic mass is 10.0. The quantitative estimate of drug-likeness (QED) is 0.389. The van der Waals surface area contributed by atoms with Gasteiger partial charge in [-0.25, -0.2) is 9.97 Å². The first-order valence-corrected chi connectivity index (χ1v) is 11.0. The summed E-state index contributed by atoms with van der Waals surface area (Å²) >= 11 is 1.64. The summed E-state index contributed by atoms with van der Waals surface area (Å²) in [5.41, 5.74) is 2.85. The van der Waals surface area contributed by atoms with Crippen LogP contribution in [-0.2, 0) is 4.79 Å². The van der Waals surface area contributed by atoms with Crippen molar-refractivity contribution >= 4 is 39.0 Å². The summed E-state index contributed by atoms with van der Waals surface area (Å²) in [4.78, 5) is 23.5. The van der Waals surface area contributed by atoms with E-state index in [4.69, 9.17) is 9.47 Å². The number of hydrogen-bond acceptors (Lipinski definition) is 7. The molecule has 32 heavy (non-hydrogen) atoms. The van der Waals surface area contributed by atoms with Crippen molar-refractivity contribution in [3.05, 3.63) is 59.7 Å². The predicted molar refractivity (Wildman–Crippen MR) is 129 cm³/mol. The van der Waals surface area contributed by atoms with Gasteiger partial charge in [-0.2, -0.15) is 0 Å². The van der Waals surface area contributed by atoms with E-state index in [2.05, 4.69) is 39.7 Å². The van der Waals surface area contributed by atoms with Gasteiger partial charge in [-0.1, -0.05) is 30.3 Å². The largest absolute Gasteiger partial charge is 0.497 e. The summed E-state index contributed by atoms with van der Waals surface area (Å²) in [6, 6.07) is 15.5. The van der Waals surface area contributed by atoms with Gasteiger partial charge in [0.15, 0.2) is 0 Å². The Hall–Kier alpha value is -3.65. The first-order valence-electron chi connectivity index (χ1n) is 10.2. The van der Waals surface area contributed by atoms with E-state index in [9.17, 15) is 4.79 Å². The molecule has 8 heteroatoms. The molecule has 0 bridgehead atoms. The standard InChI is InChI=1S/C24H24N4O3S/c1-15-21(16-7-5-4-6-8-16)22-23(26-14-27-24(22)32-15)25-12-11-20(29)28-18-10-9-17(30-2)13-19(18)31-3/h4-10,13-14H,11-12H2,1-3H3,(H,28,29)(H,25,26,27). The molecule has 4 aromatic rings. The molecule has 2 heterocycles. The number of rotatable bonds is 8. The Morgan fingerprint density at radius 3 is 2.62 bits per heavy atom. The van der Waals surface area contributed by atoms with Crippen LogP contribution in [0.15, 0.2) is 54.9 Å². The van der Waals surface area contributed by atoms with Crippen LogP contribution in [0.5, 0.6) is 11.5 Å². The lowest BCUT2D eigenvalue weighted by Gasteiger charge is -2.12. The van der Waals surface area contributed by atoms with Crippen LogP contribution in [0.3, 0.4) is 0 Å². The van der Waals surface area contributed by atoms with Gasteiger partial charge in [-0.05, 0) is 24.6 Å². The van der Waals surface area contributed by atoms with E-state index in [0.29, 0.717) is 23.7 Å². The third-order valence-electron chi connectivity index (χ3n) is 5.05. The molecule has 0 radical (unpaired) electrons. The third-order valence-corrected chi connectivity index (χ3v) is 6.07. The van der Waals surface area contributed by atoms with E-state index >= 15 is 0 Å².